The number of hydrogen-bond acceptors (Lipinski definition) is 4. The molecule has 3 saturated carbocycles. The molecule has 0 aromatic rings. The third-order valence-electron chi connectivity index (χ3n) is 9.85. The lowest BCUT2D eigenvalue weighted by Crippen LogP contribution is -2.53. The normalized spacial score (nSPS) is 51.2. The summed E-state index contributed by atoms with van der Waals surface area (Å²) in [5.41, 5.74) is 0.0578. The van der Waals surface area contributed by atoms with Gasteiger partial charge in [-0.25, -0.2) is 0 Å². The Kier molecular flexibility index (Phi) is 4.92. The van der Waals surface area contributed by atoms with Gasteiger partial charge in [-0.05, 0) is 86.9 Å². The molecular weight excluding hydrogens is 364 g/mol. The summed E-state index contributed by atoms with van der Waals surface area (Å²) in [7, 11) is 0. The zero-order valence-corrected chi connectivity index (χ0v) is 19.2. The molecular formula is C25H42O4. The first kappa shape index (κ1) is 21.8. The van der Waals surface area contributed by atoms with Crippen molar-refractivity contribution >= 4 is 0 Å². The van der Waals surface area contributed by atoms with E-state index in [1.165, 1.54) is 5.57 Å². The van der Waals surface area contributed by atoms with Gasteiger partial charge in [-0.15, -0.1) is 0 Å². The summed E-state index contributed by atoms with van der Waals surface area (Å²) in [5, 5.41) is 42.9. The molecule has 166 valence electrons. The van der Waals surface area contributed by atoms with Crippen molar-refractivity contribution in [1.29, 1.82) is 0 Å². The quantitative estimate of drug-likeness (QED) is 0.537. The van der Waals surface area contributed by atoms with Crippen LogP contribution in [0.2, 0.25) is 0 Å². The summed E-state index contributed by atoms with van der Waals surface area (Å²) >= 11 is 0. The van der Waals surface area contributed by atoms with Crippen molar-refractivity contribution in [3.8, 4) is 0 Å². The van der Waals surface area contributed by atoms with Crippen molar-refractivity contribution < 1.29 is 20.4 Å². The highest BCUT2D eigenvalue weighted by atomic mass is 16.4. The Labute approximate surface area is 176 Å². The molecule has 4 N–H and O–H groups in total. The van der Waals surface area contributed by atoms with Crippen LogP contribution in [0.25, 0.3) is 0 Å². The van der Waals surface area contributed by atoms with Gasteiger partial charge < -0.3 is 20.4 Å². The van der Waals surface area contributed by atoms with E-state index in [2.05, 4.69) is 33.8 Å². The van der Waals surface area contributed by atoms with E-state index < -0.39 is 17.8 Å². The molecule has 0 amide bonds. The smallest absolute Gasteiger partial charge is 0.108 e. The SMILES string of the molecule is C[C@H]1C[C@@H](O)[C@@]23C1=C[C@@]1(C)CC[C@](C)(C[C@H](O)[C@H](O)C(C)(C)O)[C@H]1[C@@H]2CC[C@@H]3C. The second-order valence-corrected chi connectivity index (χ2v) is 12.3. The summed E-state index contributed by atoms with van der Waals surface area (Å²) in [5.74, 6) is 1.74. The second kappa shape index (κ2) is 6.54. The van der Waals surface area contributed by atoms with Crippen LogP contribution in [0.3, 0.4) is 0 Å². The van der Waals surface area contributed by atoms with Crippen LogP contribution in [-0.4, -0.2) is 44.3 Å². The van der Waals surface area contributed by atoms with Crippen molar-refractivity contribution in [3.05, 3.63) is 11.6 Å². The highest BCUT2D eigenvalue weighted by Gasteiger charge is 2.69. The van der Waals surface area contributed by atoms with Crippen LogP contribution in [0.4, 0.5) is 0 Å². The third-order valence-corrected chi connectivity index (χ3v) is 9.85. The molecule has 4 aliphatic rings. The fourth-order valence-corrected chi connectivity index (χ4v) is 8.75. The third kappa shape index (κ3) is 2.85. The number of hydrogen-bond donors (Lipinski definition) is 4. The van der Waals surface area contributed by atoms with Gasteiger partial charge in [0.1, 0.15) is 6.10 Å². The molecule has 0 unspecified atom stereocenters. The van der Waals surface area contributed by atoms with Crippen molar-refractivity contribution in [1.82, 2.24) is 0 Å². The minimum absolute atomic E-state index is 0.0834. The van der Waals surface area contributed by atoms with Gasteiger partial charge >= 0.3 is 0 Å². The highest BCUT2D eigenvalue weighted by Crippen LogP contribution is 2.74. The molecule has 4 aliphatic carbocycles. The Morgan fingerprint density at radius 2 is 1.79 bits per heavy atom. The zero-order chi connectivity index (χ0) is 21.6. The molecule has 10 atom stereocenters. The fourth-order valence-electron chi connectivity index (χ4n) is 8.75. The predicted octanol–water partition coefficient (Wildman–Crippen LogP) is 3.67. The van der Waals surface area contributed by atoms with Gasteiger partial charge in [0.2, 0.25) is 0 Å². The Hall–Kier alpha value is -0.420. The summed E-state index contributed by atoms with van der Waals surface area (Å²) in [4.78, 5) is 0. The van der Waals surface area contributed by atoms with Crippen molar-refractivity contribution in [2.75, 3.05) is 0 Å². The van der Waals surface area contributed by atoms with Crippen LogP contribution in [0.15, 0.2) is 11.6 Å². The predicted molar refractivity (Wildman–Crippen MR) is 114 cm³/mol. The van der Waals surface area contributed by atoms with Crippen LogP contribution in [0.5, 0.6) is 0 Å². The van der Waals surface area contributed by atoms with E-state index in [1.54, 1.807) is 13.8 Å². The van der Waals surface area contributed by atoms with Gasteiger partial charge in [-0.2, -0.15) is 0 Å². The average Bonchev–Trinajstić information content (AvgIpc) is 3.16. The molecule has 0 radical (unpaired) electrons. The second-order valence-electron chi connectivity index (χ2n) is 12.3. The highest BCUT2D eigenvalue weighted by molar-refractivity contribution is 5.38. The zero-order valence-electron chi connectivity index (χ0n) is 19.2. The van der Waals surface area contributed by atoms with Gasteiger partial charge in [0.15, 0.2) is 0 Å². The number of aliphatic hydroxyl groups is 4. The van der Waals surface area contributed by atoms with Gasteiger partial charge in [-0.1, -0.05) is 39.3 Å². The first-order chi connectivity index (χ1) is 13.3. The Morgan fingerprint density at radius 1 is 1.14 bits per heavy atom. The number of fused-ring (bicyclic) bond motifs is 2. The minimum atomic E-state index is -1.32. The topological polar surface area (TPSA) is 80.9 Å². The van der Waals surface area contributed by atoms with E-state index in [0.717, 1.165) is 32.1 Å². The maximum Gasteiger partial charge on any atom is 0.108 e. The van der Waals surface area contributed by atoms with Crippen LogP contribution in [0, 0.1) is 39.9 Å². The number of rotatable bonds is 4. The Morgan fingerprint density at radius 3 is 2.41 bits per heavy atom. The molecule has 4 heteroatoms. The molecule has 0 heterocycles. The molecule has 0 aromatic carbocycles. The first-order valence-electron chi connectivity index (χ1n) is 11.8. The lowest BCUT2D eigenvalue weighted by Gasteiger charge is -2.55. The molecule has 0 saturated heterocycles. The van der Waals surface area contributed by atoms with Gasteiger partial charge in [0, 0.05) is 5.41 Å². The monoisotopic (exact) mass is 406 g/mol. The average molecular weight is 407 g/mol. The summed E-state index contributed by atoms with van der Waals surface area (Å²) < 4.78 is 0. The Balaban J connectivity index is 1.74. The van der Waals surface area contributed by atoms with Gasteiger partial charge in [0.05, 0.1) is 17.8 Å². The Bertz CT molecular complexity index is 695. The molecule has 0 aliphatic heterocycles. The maximum absolute atomic E-state index is 11.3. The van der Waals surface area contributed by atoms with Crippen LogP contribution in [-0.2, 0) is 0 Å². The molecule has 4 rings (SSSR count). The van der Waals surface area contributed by atoms with E-state index in [1.807, 2.05) is 0 Å². The number of aliphatic hydroxyl groups excluding tert-OH is 3. The molecule has 29 heavy (non-hydrogen) atoms. The van der Waals surface area contributed by atoms with Crippen molar-refractivity contribution in [3.63, 3.8) is 0 Å². The van der Waals surface area contributed by atoms with Crippen molar-refractivity contribution in [2.45, 2.75) is 104 Å². The largest absolute Gasteiger partial charge is 0.392 e. The fraction of sp³-hybridized carbons (Fsp3) is 0.920. The molecule has 1 spiro atoms. The lowest BCUT2D eigenvalue weighted by atomic mass is 9.49. The maximum atomic E-state index is 11.3. The molecule has 3 fully saturated rings. The van der Waals surface area contributed by atoms with E-state index in [0.29, 0.717) is 30.1 Å². The van der Waals surface area contributed by atoms with E-state index in [-0.39, 0.29) is 22.3 Å². The summed E-state index contributed by atoms with van der Waals surface area (Å²) in [6, 6.07) is 0. The minimum Gasteiger partial charge on any atom is -0.392 e. The molecule has 0 aromatic heterocycles. The van der Waals surface area contributed by atoms with Crippen LogP contribution >= 0.6 is 0 Å². The van der Waals surface area contributed by atoms with Gasteiger partial charge in [0.25, 0.3) is 0 Å². The lowest BCUT2D eigenvalue weighted by molar-refractivity contribution is -0.125. The van der Waals surface area contributed by atoms with Crippen molar-refractivity contribution in [2.24, 2.45) is 39.9 Å². The standard InChI is InChI=1S/C25H42O4/c1-14-11-19(27)25-15(2)7-8-16(25)20-23(5,12-17(14)25)9-10-24(20,6)13-18(26)21(28)22(3,4)29/h12,14-16,18-21,26-29H,7-11,13H2,1-6H3/t14-,15-,16-,18-,19+,20-,21-,23+,24+,25+/m0/s1. The molecule has 4 nitrogen and oxygen atoms in total. The van der Waals surface area contributed by atoms with E-state index in [4.69, 9.17) is 0 Å². The molecule has 0 bridgehead atoms. The summed E-state index contributed by atoms with van der Waals surface area (Å²) in [6.07, 6.45) is 5.93. The first-order valence-corrected chi connectivity index (χ1v) is 11.8. The van der Waals surface area contributed by atoms with Crippen LogP contribution < -0.4 is 0 Å². The van der Waals surface area contributed by atoms with Crippen LogP contribution in [0.1, 0.15) is 80.1 Å². The summed E-state index contributed by atoms with van der Waals surface area (Å²) in [6.45, 7) is 12.4. The number of allylic oxidation sites excluding steroid dienone is 1. The van der Waals surface area contributed by atoms with E-state index >= 15 is 0 Å². The van der Waals surface area contributed by atoms with E-state index in [9.17, 15) is 20.4 Å². The van der Waals surface area contributed by atoms with Gasteiger partial charge in [-0.3, -0.25) is 0 Å².